The highest BCUT2D eigenvalue weighted by molar-refractivity contribution is 7.17. The molecule has 0 atom stereocenters. The summed E-state index contributed by atoms with van der Waals surface area (Å²) in [6, 6.07) is 15.4. The van der Waals surface area contributed by atoms with Crippen molar-refractivity contribution in [1.82, 2.24) is 9.97 Å². The number of anilines is 1. The SMILES string of the molecule is Cc1ccc(-c2csc3ncnc(N/N=C\c4ccccc4O)c23)cc1. The van der Waals surface area contributed by atoms with Gasteiger partial charge in [0.15, 0.2) is 5.82 Å². The van der Waals surface area contributed by atoms with Crippen molar-refractivity contribution in [3.05, 3.63) is 71.4 Å². The molecular weight excluding hydrogens is 344 g/mol. The van der Waals surface area contributed by atoms with E-state index in [1.807, 2.05) is 6.07 Å². The molecular formula is C20H16N4OS. The summed E-state index contributed by atoms with van der Waals surface area (Å²) < 4.78 is 0. The molecule has 5 nitrogen and oxygen atoms in total. The third-order valence-electron chi connectivity index (χ3n) is 4.04. The zero-order valence-corrected chi connectivity index (χ0v) is 14.9. The van der Waals surface area contributed by atoms with Crippen LogP contribution in [0.1, 0.15) is 11.1 Å². The third-order valence-corrected chi connectivity index (χ3v) is 4.93. The van der Waals surface area contributed by atoms with Gasteiger partial charge >= 0.3 is 0 Å². The number of hydrazone groups is 1. The molecule has 4 aromatic rings. The van der Waals surface area contributed by atoms with Gasteiger partial charge in [0.1, 0.15) is 16.9 Å². The van der Waals surface area contributed by atoms with E-state index in [2.05, 4.69) is 57.1 Å². The topological polar surface area (TPSA) is 70.4 Å². The summed E-state index contributed by atoms with van der Waals surface area (Å²) in [5.41, 5.74) is 7.03. The Balaban J connectivity index is 1.70. The van der Waals surface area contributed by atoms with Crippen LogP contribution in [0.4, 0.5) is 5.82 Å². The molecule has 2 aromatic carbocycles. The lowest BCUT2D eigenvalue weighted by Gasteiger charge is -2.05. The first-order valence-corrected chi connectivity index (χ1v) is 8.96. The van der Waals surface area contributed by atoms with Crippen molar-refractivity contribution in [2.24, 2.45) is 5.10 Å². The van der Waals surface area contributed by atoms with Crippen LogP contribution in [0.15, 0.2) is 65.3 Å². The minimum absolute atomic E-state index is 0.182. The maximum Gasteiger partial charge on any atom is 0.159 e. The number of rotatable bonds is 4. The lowest BCUT2D eigenvalue weighted by atomic mass is 10.0. The smallest absolute Gasteiger partial charge is 0.159 e. The lowest BCUT2D eigenvalue weighted by molar-refractivity contribution is 0.474. The maximum absolute atomic E-state index is 9.82. The van der Waals surface area contributed by atoms with Gasteiger partial charge in [0.05, 0.1) is 11.6 Å². The molecule has 0 unspecified atom stereocenters. The summed E-state index contributed by atoms with van der Waals surface area (Å²) in [4.78, 5) is 9.61. The molecule has 2 heterocycles. The number of aryl methyl sites for hydroxylation is 1. The minimum atomic E-state index is 0.182. The molecule has 0 aliphatic heterocycles. The predicted octanol–water partition coefficient (Wildman–Crippen LogP) is 4.82. The summed E-state index contributed by atoms with van der Waals surface area (Å²) in [7, 11) is 0. The van der Waals surface area contributed by atoms with E-state index in [-0.39, 0.29) is 5.75 Å². The van der Waals surface area contributed by atoms with Crippen LogP contribution in [0.2, 0.25) is 0 Å². The molecule has 0 spiro atoms. The number of hydrogen-bond acceptors (Lipinski definition) is 6. The highest BCUT2D eigenvalue weighted by Gasteiger charge is 2.12. The van der Waals surface area contributed by atoms with Crippen LogP contribution in [-0.2, 0) is 0 Å². The fourth-order valence-electron chi connectivity index (χ4n) is 2.67. The van der Waals surface area contributed by atoms with Crippen LogP contribution in [0.5, 0.6) is 5.75 Å². The number of para-hydroxylation sites is 1. The Hall–Kier alpha value is -3.25. The first-order chi connectivity index (χ1) is 12.7. The Morgan fingerprint density at radius 3 is 2.69 bits per heavy atom. The number of hydrogen-bond donors (Lipinski definition) is 2. The average molecular weight is 360 g/mol. The van der Waals surface area contributed by atoms with Crippen molar-refractivity contribution in [3.63, 3.8) is 0 Å². The van der Waals surface area contributed by atoms with Gasteiger partial charge in [-0.25, -0.2) is 9.97 Å². The van der Waals surface area contributed by atoms with Gasteiger partial charge in [-0.15, -0.1) is 11.3 Å². The number of fused-ring (bicyclic) bond motifs is 1. The summed E-state index contributed by atoms with van der Waals surface area (Å²) in [5.74, 6) is 0.820. The number of benzene rings is 2. The Labute approximate surface area is 154 Å². The molecule has 0 aliphatic rings. The number of nitrogens with one attached hydrogen (secondary N) is 1. The Morgan fingerprint density at radius 1 is 1.08 bits per heavy atom. The van der Waals surface area contributed by atoms with Gasteiger partial charge < -0.3 is 5.11 Å². The monoisotopic (exact) mass is 360 g/mol. The minimum Gasteiger partial charge on any atom is -0.507 e. The van der Waals surface area contributed by atoms with E-state index in [4.69, 9.17) is 0 Å². The molecule has 0 radical (unpaired) electrons. The maximum atomic E-state index is 9.82. The number of phenols is 1. The van der Waals surface area contributed by atoms with Crippen molar-refractivity contribution >= 4 is 33.6 Å². The van der Waals surface area contributed by atoms with E-state index in [1.165, 1.54) is 11.9 Å². The lowest BCUT2D eigenvalue weighted by Crippen LogP contribution is -1.95. The van der Waals surface area contributed by atoms with Gasteiger partial charge in [0, 0.05) is 16.5 Å². The van der Waals surface area contributed by atoms with E-state index in [1.54, 1.807) is 35.8 Å². The Bertz CT molecular complexity index is 1090. The average Bonchev–Trinajstić information content (AvgIpc) is 3.09. The molecule has 0 amide bonds. The molecule has 0 saturated heterocycles. The van der Waals surface area contributed by atoms with Crippen molar-refractivity contribution in [3.8, 4) is 16.9 Å². The fourth-order valence-corrected chi connectivity index (χ4v) is 3.58. The van der Waals surface area contributed by atoms with Gasteiger partial charge in [0.2, 0.25) is 0 Å². The zero-order valence-electron chi connectivity index (χ0n) is 14.0. The fraction of sp³-hybridized carbons (Fsp3) is 0.0500. The summed E-state index contributed by atoms with van der Waals surface area (Å²) in [5, 5.41) is 17.1. The molecule has 26 heavy (non-hydrogen) atoms. The van der Waals surface area contributed by atoms with Gasteiger partial charge in [-0.1, -0.05) is 42.0 Å². The number of thiophene rings is 1. The van der Waals surface area contributed by atoms with Crippen LogP contribution in [0, 0.1) is 6.92 Å². The van der Waals surface area contributed by atoms with E-state index >= 15 is 0 Å². The predicted molar refractivity (Wildman–Crippen MR) is 107 cm³/mol. The molecule has 4 rings (SSSR count). The van der Waals surface area contributed by atoms with Crippen molar-refractivity contribution in [2.75, 3.05) is 5.43 Å². The summed E-state index contributed by atoms with van der Waals surface area (Å²) >= 11 is 1.58. The van der Waals surface area contributed by atoms with Gasteiger partial charge in [-0.2, -0.15) is 5.10 Å². The van der Waals surface area contributed by atoms with Crippen LogP contribution in [-0.4, -0.2) is 21.3 Å². The molecule has 2 N–H and O–H groups in total. The van der Waals surface area contributed by atoms with Crippen LogP contribution in [0.3, 0.4) is 0 Å². The van der Waals surface area contributed by atoms with E-state index in [9.17, 15) is 5.11 Å². The Morgan fingerprint density at radius 2 is 1.88 bits per heavy atom. The number of phenolic OH excluding ortho intramolecular Hbond substituents is 1. The third kappa shape index (κ3) is 3.14. The van der Waals surface area contributed by atoms with E-state index < -0.39 is 0 Å². The molecule has 128 valence electrons. The summed E-state index contributed by atoms with van der Waals surface area (Å²) in [6.45, 7) is 2.07. The van der Waals surface area contributed by atoms with E-state index in [0.29, 0.717) is 11.4 Å². The Kier molecular flexibility index (Phi) is 4.33. The molecule has 0 fully saturated rings. The number of nitrogens with zero attached hydrogens (tertiary/aromatic N) is 3. The van der Waals surface area contributed by atoms with Crippen LogP contribution < -0.4 is 5.43 Å². The standard InChI is InChI=1S/C20H16N4OS/c1-13-6-8-14(9-7-13)16-11-26-20-18(16)19(21-12-22-20)24-23-10-15-4-2-3-5-17(15)25/h2-12,25H,1H3,(H,21,22,24)/b23-10-. The van der Waals surface area contributed by atoms with E-state index in [0.717, 1.165) is 21.3 Å². The van der Waals surface area contributed by atoms with Crippen LogP contribution in [0.25, 0.3) is 21.3 Å². The molecule has 2 aromatic heterocycles. The van der Waals surface area contributed by atoms with Gasteiger partial charge in [-0.05, 0) is 24.6 Å². The quantitative estimate of drug-likeness (QED) is 0.404. The second-order valence-electron chi connectivity index (χ2n) is 5.85. The molecule has 0 bridgehead atoms. The first-order valence-electron chi connectivity index (χ1n) is 8.08. The zero-order chi connectivity index (χ0) is 17.9. The summed E-state index contributed by atoms with van der Waals surface area (Å²) in [6.07, 6.45) is 3.09. The molecule has 0 saturated carbocycles. The van der Waals surface area contributed by atoms with Gasteiger partial charge in [0.25, 0.3) is 0 Å². The number of aromatic hydroxyl groups is 1. The molecule has 6 heteroatoms. The van der Waals surface area contributed by atoms with Crippen molar-refractivity contribution in [1.29, 1.82) is 0 Å². The highest BCUT2D eigenvalue weighted by atomic mass is 32.1. The van der Waals surface area contributed by atoms with Crippen molar-refractivity contribution < 1.29 is 5.11 Å². The van der Waals surface area contributed by atoms with Crippen molar-refractivity contribution in [2.45, 2.75) is 6.92 Å². The first kappa shape index (κ1) is 16.2. The number of aromatic nitrogens is 2. The van der Waals surface area contributed by atoms with Crippen LogP contribution >= 0.6 is 11.3 Å². The normalized spacial score (nSPS) is 11.3. The largest absolute Gasteiger partial charge is 0.507 e. The molecule has 0 aliphatic carbocycles. The highest BCUT2D eigenvalue weighted by Crippen LogP contribution is 2.36. The van der Waals surface area contributed by atoms with Gasteiger partial charge in [-0.3, -0.25) is 5.43 Å². The second kappa shape index (κ2) is 6.93. The second-order valence-corrected chi connectivity index (χ2v) is 6.70.